The number of aliphatic hydroxyl groups is 1. The third-order valence-electron chi connectivity index (χ3n) is 3.10. The van der Waals surface area contributed by atoms with E-state index in [-0.39, 0.29) is 6.61 Å². The Morgan fingerprint density at radius 2 is 2.24 bits per heavy atom. The summed E-state index contributed by atoms with van der Waals surface area (Å²) >= 11 is 0. The average molecular weight is 236 g/mol. The molecule has 0 aromatic carbocycles. The van der Waals surface area contributed by atoms with Gasteiger partial charge in [-0.1, -0.05) is 6.92 Å². The predicted molar refractivity (Wildman–Crippen MR) is 66.8 cm³/mol. The van der Waals surface area contributed by atoms with Gasteiger partial charge in [0, 0.05) is 50.1 Å². The summed E-state index contributed by atoms with van der Waals surface area (Å²) in [5.74, 6) is 1.15. The highest BCUT2D eigenvalue weighted by Gasteiger charge is 2.23. The first-order valence-corrected chi connectivity index (χ1v) is 6.21. The number of aromatic nitrogens is 2. The van der Waals surface area contributed by atoms with Crippen molar-refractivity contribution in [3.05, 3.63) is 18.0 Å². The normalized spacial score (nSPS) is 19.9. The van der Waals surface area contributed by atoms with E-state index in [2.05, 4.69) is 27.1 Å². The Bertz CT molecular complexity index is 341. The zero-order valence-corrected chi connectivity index (χ0v) is 10.3. The van der Waals surface area contributed by atoms with Gasteiger partial charge >= 0.3 is 0 Å². The number of rotatable bonds is 5. The molecule has 0 radical (unpaired) electrons. The van der Waals surface area contributed by atoms with Gasteiger partial charge in [-0.2, -0.15) is 0 Å². The van der Waals surface area contributed by atoms with E-state index in [4.69, 9.17) is 5.11 Å². The fourth-order valence-electron chi connectivity index (χ4n) is 2.04. The SMILES string of the molecule is CCNCc1cnc(N2CCC(CO)C2)nc1. The largest absolute Gasteiger partial charge is 0.396 e. The van der Waals surface area contributed by atoms with Crippen LogP contribution in [0.4, 0.5) is 5.95 Å². The fraction of sp³-hybridized carbons (Fsp3) is 0.667. The van der Waals surface area contributed by atoms with Crippen molar-refractivity contribution in [2.45, 2.75) is 19.9 Å². The van der Waals surface area contributed by atoms with E-state index < -0.39 is 0 Å². The van der Waals surface area contributed by atoms with Crippen molar-refractivity contribution < 1.29 is 5.11 Å². The average Bonchev–Trinajstić information content (AvgIpc) is 2.86. The van der Waals surface area contributed by atoms with E-state index in [1.165, 1.54) is 0 Å². The molecule has 1 aromatic rings. The van der Waals surface area contributed by atoms with Crippen molar-refractivity contribution >= 4 is 5.95 Å². The molecule has 1 aliphatic heterocycles. The summed E-state index contributed by atoms with van der Waals surface area (Å²) in [6.07, 6.45) is 4.77. The van der Waals surface area contributed by atoms with Crippen LogP contribution >= 0.6 is 0 Å². The smallest absolute Gasteiger partial charge is 0.225 e. The molecular weight excluding hydrogens is 216 g/mol. The standard InChI is InChI=1S/C12H20N4O/c1-2-13-5-11-6-14-12(15-7-11)16-4-3-10(8-16)9-17/h6-7,10,13,17H,2-5,8-9H2,1H3. The molecule has 94 valence electrons. The van der Waals surface area contributed by atoms with Gasteiger partial charge in [-0.15, -0.1) is 0 Å². The summed E-state index contributed by atoms with van der Waals surface area (Å²) in [5.41, 5.74) is 1.11. The first-order chi connectivity index (χ1) is 8.33. The van der Waals surface area contributed by atoms with Gasteiger partial charge < -0.3 is 15.3 Å². The highest BCUT2D eigenvalue weighted by molar-refractivity contribution is 5.31. The maximum atomic E-state index is 9.10. The highest BCUT2D eigenvalue weighted by atomic mass is 16.3. The molecule has 1 atom stereocenters. The maximum Gasteiger partial charge on any atom is 0.225 e. The molecular formula is C12H20N4O. The second-order valence-electron chi connectivity index (χ2n) is 4.45. The van der Waals surface area contributed by atoms with Gasteiger partial charge in [0.1, 0.15) is 0 Å². The summed E-state index contributed by atoms with van der Waals surface area (Å²) < 4.78 is 0. The summed E-state index contributed by atoms with van der Waals surface area (Å²) in [4.78, 5) is 10.9. The van der Waals surface area contributed by atoms with Crippen molar-refractivity contribution in [1.29, 1.82) is 0 Å². The van der Waals surface area contributed by atoms with Crippen LogP contribution in [0.5, 0.6) is 0 Å². The number of anilines is 1. The number of nitrogens with one attached hydrogen (secondary N) is 1. The Balaban J connectivity index is 1.94. The topological polar surface area (TPSA) is 61.3 Å². The third-order valence-corrected chi connectivity index (χ3v) is 3.10. The summed E-state index contributed by atoms with van der Waals surface area (Å²) in [7, 11) is 0. The number of hydrogen-bond acceptors (Lipinski definition) is 5. The molecule has 1 fully saturated rings. The van der Waals surface area contributed by atoms with Gasteiger partial charge in [-0.25, -0.2) is 9.97 Å². The van der Waals surface area contributed by atoms with Crippen LogP contribution < -0.4 is 10.2 Å². The lowest BCUT2D eigenvalue weighted by Crippen LogP contribution is -2.23. The Morgan fingerprint density at radius 1 is 1.47 bits per heavy atom. The van der Waals surface area contributed by atoms with E-state index >= 15 is 0 Å². The summed E-state index contributed by atoms with van der Waals surface area (Å²) in [6.45, 7) is 5.91. The monoisotopic (exact) mass is 236 g/mol. The van der Waals surface area contributed by atoms with E-state index in [9.17, 15) is 0 Å². The van der Waals surface area contributed by atoms with Crippen LogP contribution in [0, 0.1) is 5.92 Å². The molecule has 2 rings (SSSR count). The van der Waals surface area contributed by atoms with E-state index in [1.54, 1.807) is 0 Å². The van der Waals surface area contributed by atoms with Crippen LogP contribution in [0.15, 0.2) is 12.4 Å². The van der Waals surface area contributed by atoms with Gasteiger partial charge in [-0.05, 0) is 13.0 Å². The molecule has 5 nitrogen and oxygen atoms in total. The Morgan fingerprint density at radius 3 is 2.82 bits per heavy atom. The number of aliphatic hydroxyl groups excluding tert-OH is 1. The molecule has 0 aliphatic carbocycles. The molecule has 1 unspecified atom stereocenters. The van der Waals surface area contributed by atoms with Crippen molar-refractivity contribution in [1.82, 2.24) is 15.3 Å². The highest BCUT2D eigenvalue weighted by Crippen LogP contribution is 2.19. The summed E-state index contributed by atoms with van der Waals surface area (Å²) in [6, 6.07) is 0. The van der Waals surface area contributed by atoms with Crippen molar-refractivity contribution in [3.8, 4) is 0 Å². The zero-order chi connectivity index (χ0) is 12.1. The fourth-order valence-corrected chi connectivity index (χ4v) is 2.04. The molecule has 2 heterocycles. The van der Waals surface area contributed by atoms with Crippen LogP contribution in [0.1, 0.15) is 18.9 Å². The van der Waals surface area contributed by atoms with Gasteiger partial charge in [0.05, 0.1) is 0 Å². The first kappa shape index (κ1) is 12.3. The molecule has 0 spiro atoms. The molecule has 1 aromatic heterocycles. The third kappa shape index (κ3) is 3.14. The zero-order valence-electron chi connectivity index (χ0n) is 10.3. The second-order valence-corrected chi connectivity index (χ2v) is 4.45. The molecule has 1 saturated heterocycles. The van der Waals surface area contributed by atoms with Crippen LogP contribution in [0.3, 0.4) is 0 Å². The lowest BCUT2D eigenvalue weighted by molar-refractivity contribution is 0.238. The number of nitrogens with zero attached hydrogens (tertiary/aromatic N) is 3. The second kappa shape index (κ2) is 5.93. The van der Waals surface area contributed by atoms with Crippen LogP contribution in [0.2, 0.25) is 0 Å². The van der Waals surface area contributed by atoms with E-state index in [0.29, 0.717) is 5.92 Å². The van der Waals surface area contributed by atoms with Gasteiger partial charge in [0.2, 0.25) is 5.95 Å². The molecule has 2 N–H and O–H groups in total. The quantitative estimate of drug-likeness (QED) is 0.775. The molecule has 0 amide bonds. The first-order valence-electron chi connectivity index (χ1n) is 6.21. The molecule has 0 bridgehead atoms. The maximum absolute atomic E-state index is 9.10. The Kier molecular flexibility index (Phi) is 4.28. The van der Waals surface area contributed by atoms with Crippen LogP contribution in [-0.4, -0.2) is 41.3 Å². The minimum atomic E-state index is 0.259. The van der Waals surface area contributed by atoms with E-state index in [1.807, 2.05) is 12.4 Å². The minimum absolute atomic E-state index is 0.259. The minimum Gasteiger partial charge on any atom is -0.396 e. The Labute approximate surface area is 102 Å². The molecule has 1 aliphatic rings. The Hall–Kier alpha value is -1.20. The van der Waals surface area contributed by atoms with Crippen molar-refractivity contribution in [3.63, 3.8) is 0 Å². The van der Waals surface area contributed by atoms with Crippen LogP contribution in [0.25, 0.3) is 0 Å². The number of hydrogen-bond donors (Lipinski definition) is 2. The lowest BCUT2D eigenvalue weighted by atomic mass is 10.1. The van der Waals surface area contributed by atoms with Crippen LogP contribution in [-0.2, 0) is 6.54 Å². The predicted octanol–water partition coefficient (Wildman–Crippen LogP) is 0.405. The van der Waals surface area contributed by atoms with Gasteiger partial charge in [0.15, 0.2) is 0 Å². The molecule has 0 saturated carbocycles. The van der Waals surface area contributed by atoms with Crippen molar-refractivity contribution in [2.24, 2.45) is 5.92 Å². The van der Waals surface area contributed by atoms with Gasteiger partial charge in [-0.3, -0.25) is 0 Å². The van der Waals surface area contributed by atoms with Gasteiger partial charge in [0.25, 0.3) is 0 Å². The molecule has 5 heteroatoms. The lowest BCUT2D eigenvalue weighted by Gasteiger charge is -2.15. The molecule has 17 heavy (non-hydrogen) atoms. The van der Waals surface area contributed by atoms with Crippen molar-refractivity contribution in [2.75, 3.05) is 31.1 Å². The van der Waals surface area contributed by atoms with E-state index in [0.717, 1.165) is 44.1 Å². The summed E-state index contributed by atoms with van der Waals surface area (Å²) in [5, 5.41) is 12.3.